The Morgan fingerprint density at radius 2 is 1.57 bits per heavy atom. The molecule has 0 amide bonds. The highest BCUT2D eigenvalue weighted by molar-refractivity contribution is 5.85. The number of likely N-dealkylation sites (N-methyl/N-ethyl adjacent to an activating group) is 1. The summed E-state index contributed by atoms with van der Waals surface area (Å²) in [5, 5.41) is 20.1. The monoisotopic (exact) mass is 315 g/mol. The summed E-state index contributed by atoms with van der Waals surface area (Å²) in [6.07, 6.45) is -0.369. The lowest BCUT2D eigenvalue weighted by atomic mass is 10.0. The van der Waals surface area contributed by atoms with Gasteiger partial charge < -0.3 is 19.9 Å². The Bertz CT molecular complexity index is 594. The van der Waals surface area contributed by atoms with Gasteiger partial charge in [-0.05, 0) is 25.0 Å². The predicted molar refractivity (Wildman–Crippen MR) is 89.2 cm³/mol. The van der Waals surface area contributed by atoms with E-state index in [2.05, 4.69) is 14.1 Å². The van der Waals surface area contributed by atoms with Gasteiger partial charge in [0.1, 0.15) is 12.1 Å². The number of carboxylic acid groups (broad SMARTS) is 1. The van der Waals surface area contributed by atoms with Crippen LogP contribution in [0.1, 0.15) is 34.5 Å². The highest BCUT2D eigenvalue weighted by Gasteiger charge is 2.20. The maximum atomic E-state index is 10.2. The molecular formula is C19H25NO3. The number of carbonyl (C=O) groups excluding carboxylic acids is 1. The maximum absolute atomic E-state index is 10.2. The van der Waals surface area contributed by atoms with E-state index in [9.17, 15) is 15.0 Å². The predicted octanol–water partition coefficient (Wildman–Crippen LogP) is 0.612. The number of nitrogens with one attached hydrogen (secondary N) is 1. The van der Waals surface area contributed by atoms with Gasteiger partial charge in [-0.15, -0.1) is 0 Å². The molecule has 0 aliphatic rings. The van der Waals surface area contributed by atoms with E-state index in [4.69, 9.17) is 0 Å². The second-order valence-electron chi connectivity index (χ2n) is 5.88. The number of carboxylic acids is 1. The summed E-state index contributed by atoms with van der Waals surface area (Å²) in [7, 11) is 4.10. The molecule has 4 nitrogen and oxygen atoms in total. The molecule has 2 aromatic carbocycles. The summed E-state index contributed by atoms with van der Waals surface area (Å²) in [5.41, 5.74) is 2.27. The molecular weight excluding hydrogens is 290 g/mol. The SMILES string of the molecule is C[C@@H]([C@H](O)c1ccccc1)[NH+](C)C.Cc1ccc(C(=O)[O-])cc1. The van der Waals surface area contributed by atoms with E-state index in [1.807, 2.05) is 44.2 Å². The average Bonchev–Trinajstić information content (AvgIpc) is 2.55. The number of aromatic carboxylic acids is 1. The minimum absolute atomic E-state index is 0.224. The standard InChI is InChI=1S/C11H17NO.C8H8O2/c1-9(12(2)3)11(13)10-7-5-4-6-8-10;1-6-2-4-7(5-3-6)8(9)10/h4-9,11,13H,1-3H3;2-5H,1H3,(H,9,10)/t9-,11-;/m0./s1. The van der Waals surface area contributed by atoms with Crippen molar-refractivity contribution in [1.82, 2.24) is 0 Å². The molecule has 23 heavy (non-hydrogen) atoms. The van der Waals surface area contributed by atoms with Crippen LogP contribution in [0.4, 0.5) is 0 Å². The number of quaternary nitrogens is 1. The first-order valence-electron chi connectivity index (χ1n) is 7.64. The lowest BCUT2D eigenvalue weighted by Crippen LogP contribution is -3.10. The van der Waals surface area contributed by atoms with Gasteiger partial charge in [-0.3, -0.25) is 0 Å². The van der Waals surface area contributed by atoms with Gasteiger partial charge in [-0.2, -0.15) is 0 Å². The van der Waals surface area contributed by atoms with E-state index in [-0.39, 0.29) is 17.7 Å². The first kappa shape index (κ1) is 18.9. The van der Waals surface area contributed by atoms with Crippen LogP contribution in [0.5, 0.6) is 0 Å². The minimum Gasteiger partial charge on any atom is -0.545 e. The summed E-state index contributed by atoms with van der Waals surface area (Å²) in [6.45, 7) is 3.95. The minimum atomic E-state index is -1.12. The van der Waals surface area contributed by atoms with Crippen molar-refractivity contribution in [2.75, 3.05) is 14.1 Å². The third kappa shape index (κ3) is 6.22. The zero-order valence-electron chi connectivity index (χ0n) is 14.1. The van der Waals surface area contributed by atoms with Crippen molar-refractivity contribution in [2.45, 2.75) is 26.0 Å². The molecule has 0 aromatic heterocycles. The average molecular weight is 315 g/mol. The van der Waals surface area contributed by atoms with Crippen LogP contribution in [0.15, 0.2) is 54.6 Å². The molecule has 2 atom stereocenters. The van der Waals surface area contributed by atoms with Crippen LogP contribution in [0.25, 0.3) is 0 Å². The van der Waals surface area contributed by atoms with E-state index in [1.54, 1.807) is 12.1 Å². The van der Waals surface area contributed by atoms with Crippen molar-refractivity contribution in [1.29, 1.82) is 0 Å². The lowest BCUT2D eigenvalue weighted by Gasteiger charge is -2.22. The molecule has 4 heteroatoms. The maximum Gasteiger partial charge on any atom is 0.130 e. The fourth-order valence-corrected chi connectivity index (χ4v) is 1.94. The second kappa shape index (κ2) is 9.08. The second-order valence-corrected chi connectivity index (χ2v) is 5.88. The van der Waals surface area contributed by atoms with Crippen LogP contribution in [-0.2, 0) is 0 Å². The molecule has 0 saturated carbocycles. The first-order valence-corrected chi connectivity index (χ1v) is 7.64. The van der Waals surface area contributed by atoms with Crippen LogP contribution in [0.2, 0.25) is 0 Å². The lowest BCUT2D eigenvalue weighted by molar-refractivity contribution is -0.888. The van der Waals surface area contributed by atoms with Crippen LogP contribution in [-0.4, -0.2) is 31.2 Å². The van der Waals surface area contributed by atoms with Gasteiger partial charge in [-0.25, -0.2) is 0 Å². The Kier molecular flexibility index (Phi) is 7.45. The number of benzene rings is 2. The van der Waals surface area contributed by atoms with Crippen molar-refractivity contribution in [3.05, 3.63) is 71.3 Å². The van der Waals surface area contributed by atoms with E-state index in [0.717, 1.165) is 11.1 Å². The largest absolute Gasteiger partial charge is 0.545 e. The van der Waals surface area contributed by atoms with Gasteiger partial charge in [0, 0.05) is 0 Å². The molecule has 0 bridgehead atoms. The molecule has 0 heterocycles. The van der Waals surface area contributed by atoms with Crippen molar-refractivity contribution >= 4 is 5.97 Å². The van der Waals surface area contributed by atoms with Crippen molar-refractivity contribution in [3.8, 4) is 0 Å². The number of hydrogen-bond acceptors (Lipinski definition) is 3. The van der Waals surface area contributed by atoms with Crippen molar-refractivity contribution in [3.63, 3.8) is 0 Å². The summed E-state index contributed by atoms with van der Waals surface area (Å²) >= 11 is 0. The molecule has 2 N–H and O–H groups in total. The van der Waals surface area contributed by atoms with Gasteiger partial charge in [0.05, 0.1) is 20.1 Å². The Morgan fingerprint density at radius 3 is 2.00 bits per heavy atom. The highest BCUT2D eigenvalue weighted by atomic mass is 16.4. The van der Waals surface area contributed by atoms with Crippen LogP contribution in [0, 0.1) is 6.92 Å². The van der Waals surface area contributed by atoms with Gasteiger partial charge in [0.2, 0.25) is 0 Å². The Morgan fingerprint density at radius 1 is 1.04 bits per heavy atom. The number of aryl methyl sites for hydroxylation is 1. The van der Waals surface area contributed by atoms with Gasteiger partial charge >= 0.3 is 0 Å². The van der Waals surface area contributed by atoms with Crippen molar-refractivity contribution < 1.29 is 19.9 Å². The fourth-order valence-electron chi connectivity index (χ4n) is 1.94. The molecule has 2 aromatic rings. The highest BCUT2D eigenvalue weighted by Crippen LogP contribution is 2.13. The fraction of sp³-hybridized carbons (Fsp3) is 0.316. The molecule has 0 aliphatic carbocycles. The summed E-state index contributed by atoms with van der Waals surface area (Å²) in [5.74, 6) is -1.12. The third-order valence-electron chi connectivity index (χ3n) is 3.81. The zero-order valence-corrected chi connectivity index (χ0v) is 14.1. The zero-order chi connectivity index (χ0) is 17.4. The van der Waals surface area contributed by atoms with E-state index >= 15 is 0 Å². The van der Waals surface area contributed by atoms with Crippen LogP contribution < -0.4 is 10.0 Å². The molecule has 2 rings (SSSR count). The third-order valence-corrected chi connectivity index (χ3v) is 3.81. The number of aliphatic hydroxyl groups is 1. The van der Waals surface area contributed by atoms with E-state index < -0.39 is 5.97 Å². The van der Waals surface area contributed by atoms with Crippen molar-refractivity contribution in [2.24, 2.45) is 0 Å². The van der Waals surface area contributed by atoms with E-state index in [0.29, 0.717) is 0 Å². The summed E-state index contributed by atoms with van der Waals surface area (Å²) in [6, 6.07) is 16.6. The summed E-state index contributed by atoms with van der Waals surface area (Å²) in [4.78, 5) is 11.5. The molecule has 0 aliphatic heterocycles. The van der Waals surface area contributed by atoms with Gasteiger partial charge in [0.25, 0.3) is 0 Å². The Hall–Kier alpha value is -2.17. The number of carbonyl (C=O) groups is 1. The molecule has 0 saturated heterocycles. The Labute approximate surface area is 138 Å². The number of rotatable bonds is 4. The van der Waals surface area contributed by atoms with Gasteiger partial charge in [-0.1, -0.05) is 60.2 Å². The summed E-state index contributed by atoms with van der Waals surface area (Å²) < 4.78 is 0. The van der Waals surface area contributed by atoms with E-state index in [1.165, 1.54) is 17.0 Å². The molecule has 0 radical (unpaired) electrons. The first-order chi connectivity index (χ1) is 10.8. The quantitative estimate of drug-likeness (QED) is 0.869. The number of hydrogen-bond donors (Lipinski definition) is 2. The number of aliphatic hydroxyl groups excluding tert-OH is 1. The molecule has 124 valence electrons. The molecule has 0 spiro atoms. The van der Waals surface area contributed by atoms with Crippen LogP contribution in [0.3, 0.4) is 0 Å². The normalized spacial score (nSPS) is 13.0. The molecule has 0 fully saturated rings. The Balaban J connectivity index is 0.000000238. The smallest absolute Gasteiger partial charge is 0.130 e. The molecule has 0 unspecified atom stereocenters. The topological polar surface area (TPSA) is 64.8 Å². The van der Waals surface area contributed by atoms with Crippen LogP contribution >= 0.6 is 0 Å². The van der Waals surface area contributed by atoms with Gasteiger partial charge in [0.15, 0.2) is 0 Å².